The summed E-state index contributed by atoms with van der Waals surface area (Å²) < 4.78 is 5.19. The maximum absolute atomic E-state index is 11.7. The molecule has 2 rings (SSSR count). The molecule has 6 heteroatoms. The first kappa shape index (κ1) is 14.5. The number of ether oxygens (including phenoxy) is 1. The number of nitrogens with zero attached hydrogens (tertiary/aromatic N) is 2. The van der Waals surface area contributed by atoms with Crippen molar-refractivity contribution < 1.29 is 9.53 Å². The number of hydrazone groups is 1. The van der Waals surface area contributed by atoms with Crippen LogP contribution in [-0.2, 0) is 4.79 Å². The number of nitrogens with one attached hydrogen (secondary N) is 2. The number of hydrogen-bond acceptors (Lipinski definition) is 5. The molecule has 0 bridgehead atoms. The molecular weight excluding hydrogens is 268 g/mol. The number of para-hydroxylation sites is 2. The molecule has 0 aliphatic carbocycles. The molecule has 2 N–H and O–H groups in total. The normalized spacial score (nSPS) is 10.3. The van der Waals surface area contributed by atoms with Gasteiger partial charge < -0.3 is 10.1 Å². The van der Waals surface area contributed by atoms with E-state index in [-0.39, 0.29) is 12.5 Å². The summed E-state index contributed by atoms with van der Waals surface area (Å²) in [6, 6.07) is 11.0. The van der Waals surface area contributed by atoms with E-state index in [1.165, 1.54) is 0 Å². The lowest BCUT2D eigenvalue weighted by Gasteiger charge is -2.09. The third-order valence-electron chi connectivity index (χ3n) is 2.66. The standard InChI is InChI=1S/C15H16N4O2/c1-21-14-5-3-2-4-13(14)17-11-15(20)19-18-10-12-6-8-16-9-7-12/h2-10,17H,11H2,1H3,(H,19,20)/b18-10-. The number of methoxy groups -OCH3 is 1. The monoisotopic (exact) mass is 284 g/mol. The van der Waals surface area contributed by atoms with Crippen molar-refractivity contribution in [2.24, 2.45) is 5.10 Å². The van der Waals surface area contributed by atoms with E-state index in [0.717, 1.165) is 11.3 Å². The van der Waals surface area contributed by atoms with Crippen molar-refractivity contribution in [3.8, 4) is 5.75 Å². The zero-order valence-corrected chi connectivity index (χ0v) is 11.6. The SMILES string of the molecule is COc1ccccc1NCC(=O)N/N=C\c1ccncc1. The van der Waals surface area contributed by atoms with Crippen molar-refractivity contribution in [3.63, 3.8) is 0 Å². The van der Waals surface area contributed by atoms with Crippen molar-refractivity contribution in [1.29, 1.82) is 0 Å². The highest BCUT2D eigenvalue weighted by Crippen LogP contribution is 2.22. The maximum Gasteiger partial charge on any atom is 0.259 e. The molecule has 0 unspecified atom stereocenters. The number of carbonyl (C=O) groups excluding carboxylic acids is 1. The number of hydrogen-bond donors (Lipinski definition) is 2. The average molecular weight is 284 g/mol. The Morgan fingerprint density at radius 1 is 1.29 bits per heavy atom. The van der Waals surface area contributed by atoms with Crippen LogP contribution in [0.1, 0.15) is 5.56 Å². The number of anilines is 1. The number of amides is 1. The molecule has 1 heterocycles. The van der Waals surface area contributed by atoms with Gasteiger partial charge in [-0.2, -0.15) is 5.10 Å². The lowest BCUT2D eigenvalue weighted by atomic mass is 10.3. The number of carbonyl (C=O) groups is 1. The quantitative estimate of drug-likeness (QED) is 0.625. The van der Waals surface area contributed by atoms with Gasteiger partial charge in [-0.25, -0.2) is 5.43 Å². The third-order valence-corrected chi connectivity index (χ3v) is 2.66. The number of pyridine rings is 1. The van der Waals surface area contributed by atoms with Gasteiger partial charge in [-0.15, -0.1) is 0 Å². The maximum atomic E-state index is 11.7. The molecule has 0 fully saturated rings. The first-order valence-corrected chi connectivity index (χ1v) is 6.38. The van der Waals surface area contributed by atoms with Crippen LogP contribution in [0.25, 0.3) is 0 Å². The summed E-state index contributed by atoms with van der Waals surface area (Å²) >= 11 is 0. The van der Waals surface area contributed by atoms with Crippen LogP contribution in [0.4, 0.5) is 5.69 Å². The highest BCUT2D eigenvalue weighted by Gasteiger charge is 2.03. The summed E-state index contributed by atoms with van der Waals surface area (Å²) in [4.78, 5) is 15.6. The molecule has 0 spiro atoms. The Morgan fingerprint density at radius 3 is 2.81 bits per heavy atom. The minimum Gasteiger partial charge on any atom is -0.495 e. The van der Waals surface area contributed by atoms with Crippen LogP contribution in [0.2, 0.25) is 0 Å². The summed E-state index contributed by atoms with van der Waals surface area (Å²) in [5, 5.41) is 6.86. The average Bonchev–Trinajstić information content (AvgIpc) is 2.54. The molecule has 0 saturated carbocycles. The molecule has 0 radical (unpaired) electrons. The molecule has 0 aliphatic rings. The molecule has 108 valence electrons. The molecule has 0 atom stereocenters. The Kier molecular flexibility index (Phi) is 5.28. The van der Waals surface area contributed by atoms with E-state index in [1.807, 2.05) is 24.3 Å². The smallest absolute Gasteiger partial charge is 0.259 e. The second-order valence-corrected chi connectivity index (χ2v) is 4.13. The van der Waals surface area contributed by atoms with Gasteiger partial charge in [-0.3, -0.25) is 9.78 Å². The minimum atomic E-state index is -0.244. The van der Waals surface area contributed by atoms with Crippen molar-refractivity contribution in [2.45, 2.75) is 0 Å². The Bertz CT molecular complexity index is 614. The van der Waals surface area contributed by atoms with E-state index in [1.54, 1.807) is 37.9 Å². The van der Waals surface area contributed by atoms with Gasteiger partial charge in [0.25, 0.3) is 5.91 Å². The molecule has 1 aromatic carbocycles. The number of aromatic nitrogens is 1. The van der Waals surface area contributed by atoms with Crippen LogP contribution in [0.15, 0.2) is 53.9 Å². The zero-order chi connectivity index (χ0) is 14.9. The molecule has 1 amide bonds. The number of benzene rings is 1. The Labute approximate surface area is 122 Å². The fourth-order valence-corrected chi connectivity index (χ4v) is 1.63. The summed E-state index contributed by atoms with van der Waals surface area (Å²) in [6.07, 6.45) is 4.88. The van der Waals surface area contributed by atoms with Crippen molar-refractivity contribution in [1.82, 2.24) is 10.4 Å². The van der Waals surface area contributed by atoms with Gasteiger partial charge in [0.15, 0.2) is 0 Å². The molecule has 2 aromatic rings. The summed E-state index contributed by atoms with van der Waals surface area (Å²) in [6.45, 7) is 0.105. The van der Waals surface area contributed by atoms with Crippen LogP contribution < -0.4 is 15.5 Å². The van der Waals surface area contributed by atoms with Gasteiger partial charge in [0.1, 0.15) is 5.75 Å². The minimum absolute atomic E-state index is 0.105. The zero-order valence-electron chi connectivity index (χ0n) is 11.6. The van der Waals surface area contributed by atoms with Crippen molar-refractivity contribution in [3.05, 3.63) is 54.4 Å². The van der Waals surface area contributed by atoms with Crippen LogP contribution in [0.5, 0.6) is 5.75 Å². The fourth-order valence-electron chi connectivity index (χ4n) is 1.63. The Hall–Kier alpha value is -2.89. The van der Waals surface area contributed by atoms with E-state index < -0.39 is 0 Å². The lowest BCUT2D eigenvalue weighted by molar-refractivity contribution is -0.119. The van der Waals surface area contributed by atoms with E-state index in [4.69, 9.17) is 4.74 Å². The Morgan fingerprint density at radius 2 is 2.05 bits per heavy atom. The summed E-state index contributed by atoms with van der Waals surface area (Å²) in [5.41, 5.74) is 4.07. The van der Waals surface area contributed by atoms with Crippen molar-refractivity contribution >= 4 is 17.8 Å². The van der Waals surface area contributed by atoms with Crippen molar-refractivity contribution in [2.75, 3.05) is 19.0 Å². The van der Waals surface area contributed by atoms with Gasteiger partial charge in [0, 0.05) is 12.4 Å². The molecule has 6 nitrogen and oxygen atoms in total. The molecular formula is C15H16N4O2. The molecule has 1 aromatic heterocycles. The van der Waals surface area contributed by atoms with Crippen LogP contribution in [0, 0.1) is 0 Å². The largest absolute Gasteiger partial charge is 0.495 e. The van der Waals surface area contributed by atoms with Crippen LogP contribution in [0.3, 0.4) is 0 Å². The van der Waals surface area contributed by atoms with Gasteiger partial charge in [-0.05, 0) is 29.8 Å². The van der Waals surface area contributed by atoms with E-state index >= 15 is 0 Å². The molecule has 0 aliphatic heterocycles. The predicted octanol–water partition coefficient (Wildman–Crippen LogP) is 1.65. The first-order valence-electron chi connectivity index (χ1n) is 6.38. The van der Waals surface area contributed by atoms with Crippen LogP contribution in [-0.4, -0.2) is 30.8 Å². The first-order chi connectivity index (χ1) is 10.3. The summed E-state index contributed by atoms with van der Waals surface area (Å²) in [5.74, 6) is 0.441. The molecule has 0 saturated heterocycles. The van der Waals surface area contributed by atoms with Gasteiger partial charge >= 0.3 is 0 Å². The fraction of sp³-hybridized carbons (Fsp3) is 0.133. The van der Waals surface area contributed by atoms with Crippen LogP contribution >= 0.6 is 0 Å². The number of rotatable bonds is 6. The van der Waals surface area contributed by atoms with E-state index in [0.29, 0.717) is 5.75 Å². The lowest BCUT2D eigenvalue weighted by Crippen LogP contribution is -2.26. The third kappa shape index (κ3) is 4.61. The predicted molar refractivity (Wildman–Crippen MR) is 81.5 cm³/mol. The highest BCUT2D eigenvalue weighted by molar-refractivity contribution is 5.84. The Balaban J connectivity index is 1.81. The van der Waals surface area contributed by atoms with Gasteiger partial charge in [-0.1, -0.05) is 12.1 Å². The van der Waals surface area contributed by atoms with E-state index in [9.17, 15) is 4.79 Å². The second kappa shape index (κ2) is 7.64. The molecule has 21 heavy (non-hydrogen) atoms. The van der Waals surface area contributed by atoms with E-state index in [2.05, 4.69) is 20.8 Å². The highest BCUT2D eigenvalue weighted by atomic mass is 16.5. The van der Waals surface area contributed by atoms with Gasteiger partial charge in [0.2, 0.25) is 0 Å². The topological polar surface area (TPSA) is 75.6 Å². The van der Waals surface area contributed by atoms with Gasteiger partial charge in [0.05, 0.1) is 25.6 Å². The summed E-state index contributed by atoms with van der Waals surface area (Å²) in [7, 11) is 1.58. The second-order valence-electron chi connectivity index (χ2n) is 4.13.